The van der Waals surface area contributed by atoms with Crippen LogP contribution in [-0.4, -0.2) is 63.2 Å². The molecule has 2 aliphatic heterocycles. The van der Waals surface area contributed by atoms with Crippen LogP contribution in [0, 0.1) is 0 Å². The number of likely N-dealkylation sites (tertiary alicyclic amines) is 1. The van der Waals surface area contributed by atoms with Gasteiger partial charge in [0, 0.05) is 25.7 Å². The van der Waals surface area contributed by atoms with Crippen LogP contribution < -0.4 is 5.73 Å². The Kier molecular flexibility index (Phi) is 3.77. The minimum absolute atomic E-state index is 0.215. The van der Waals surface area contributed by atoms with Crippen LogP contribution in [-0.2, 0) is 14.6 Å². The number of hydrogen-bond donors (Lipinski definition) is 1. The highest BCUT2D eigenvalue weighted by molar-refractivity contribution is 7.91. The first kappa shape index (κ1) is 13.3. The Bertz CT molecular complexity index is 371. The standard InChI is InChI=1S/C11H22N2O3S/c1-16-10-3-2-5-13(7-10)11(8-12)4-6-17(14,15)9-11/h10H,2-9,12H2,1H3. The topological polar surface area (TPSA) is 72.6 Å². The molecule has 2 fully saturated rings. The number of methoxy groups -OCH3 is 1. The molecule has 2 aliphatic rings. The van der Waals surface area contributed by atoms with Gasteiger partial charge in [0.15, 0.2) is 9.84 Å². The fourth-order valence-electron chi connectivity index (χ4n) is 3.00. The molecule has 2 heterocycles. The van der Waals surface area contributed by atoms with Crippen LogP contribution in [0.4, 0.5) is 0 Å². The molecule has 0 bridgehead atoms. The Balaban J connectivity index is 2.13. The SMILES string of the molecule is COC1CCCN(C2(CN)CCS(=O)(=O)C2)C1. The lowest BCUT2D eigenvalue weighted by Crippen LogP contribution is -2.58. The minimum Gasteiger partial charge on any atom is -0.380 e. The van der Waals surface area contributed by atoms with E-state index in [0.717, 1.165) is 25.9 Å². The maximum atomic E-state index is 11.7. The second-order valence-corrected chi connectivity index (χ2v) is 7.40. The quantitative estimate of drug-likeness (QED) is 0.750. The molecule has 0 aromatic heterocycles. The van der Waals surface area contributed by atoms with Crippen LogP contribution in [0.15, 0.2) is 0 Å². The highest BCUT2D eigenvalue weighted by atomic mass is 32.2. The average Bonchev–Trinajstić information content (AvgIpc) is 2.66. The average molecular weight is 262 g/mol. The zero-order valence-electron chi connectivity index (χ0n) is 10.4. The molecule has 2 N–H and O–H groups in total. The van der Waals surface area contributed by atoms with Crippen molar-refractivity contribution >= 4 is 9.84 Å². The highest BCUT2D eigenvalue weighted by Gasteiger charge is 2.46. The summed E-state index contributed by atoms with van der Waals surface area (Å²) in [5.74, 6) is 0.491. The smallest absolute Gasteiger partial charge is 0.152 e. The van der Waals surface area contributed by atoms with E-state index >= 15 is 0 Å². The lowest BCUT2D eigenvalue weighted by Gasteiger charge is -2.44. The molecular weight excluding hydrogens is 240 g/mol. The molecule has 2 saturated heterocycles. The molecule has 5 nitrogen and oxygen atoms in total. The second-order valence-electron chi connectivity index (χ2n) is 5.22. The molecule has 2 atom stereocenters. The third kappa shape index (κ3) is 2.65. The Hall–Kier alpha value is -0.170. The lowest BCUT2D eigenvalue weighted by atomic mass is 9.93. The molecule has 0 spiro atoms. The first-order chi connectivity index (χ1) is 8.01. The Morgan fingerprint density at radius 2 is 2.29 bits per heavy atom. The number of rotatable bonds is 3. The van der Waals surface area contributed by atoms with Gasteiger partial charge in [-0.2, -0.15) is 0 Å². The van der Waals surface area contributed by atoms with E-state index in [1.54, 1.807) is 7.11 Å². The van der Waals surface area contributed by atoms with Gasteiger partial charge in [0.2, 0.25) is 0 Å². The van der Waals surface area contributed by atoms with Crippen molar-refractivity contribution in [1.29, 1.82) is 0 Å². The van der Waals surface area contributed by atoms with Crippen LogP contribution in [0.1, 0.15) is 19.3 Å². The first-order valence-corrected chi connectivity index (χ1v) is 8.02. The summed E-state index contributed by atoms with van der Waals surface area (Å²) in [4.78, 5) is 2.25. The molecule has 2 rings (SSSR count). The summed E-state index contributed by atoms with van der Waals surface area (Å²) in [6, 6.07) is 0. The van der Waals surface area contributed by atoms with Gasteiger partial charge in [-0.25, -0.2) is 8.42 Å². The summed E-state index contributed by atoms with van der Waals surface area (Å²) in [6.07, 6.45) is 3.00. The Morgan fingerprint density at radius 1 is 1.53 bits per heavy atom. The van der Waals surface area contributed by atoms with Gasteiger partial charge in [0.1, 0.15) is 0 Å². The number of sulfone groups is 1. The van der Waals surface area contributed by atoms with E-state index in [1.807, 2.05) is 0 Å². The predicted octanol–water partition coefficient (Wildman–Crippen LogP) is -0.387. The molecule has 0 saturated carbocycles. The molecule has 0 radical (unpaired) electrons. The fourth-order valence-corrected chi connectivity index (χ4v) is 5.10. The second kappa shape index (κ2) is 4.84. The van der Waals surface area contributed by atoms with Crippen molar-refractivity contribution in [3.05, 3.63) is 0 Å². The molecule has 0 amide bonds. The van der Waals surface area contributed by atoms with E-state index in [0.29, 0.717) is 13.0 Å². The Labute approximate surface area is 103 Å². The van der Waals surface area contributed by atoms with Gasteiger partial charge < -0.3 is 10.5 Å². The molecular formula is C11H22N2O3S. The summed E-state index contributed by atoms with van der Waals surface area (Å²) in [7, 11) is -1.19. The molecule has 6 heteroatoms. The number of hydrogen-bond acceptors (Lipinski definition) is 5. The first-order valence-electron chi connectivity index (χ1n) is 6.20. The minimum atomic E-state index is -2.90. The van der Waals surface area contributed by atoms with Crippen molar-refractivity contribution in [2.24, 2.45) is 5.73 Å². The van der Waals surface area contributed by atoms with Gasteiger partial charge in [0.05, 0.1) is 17.6 Å². The van der Waals surface area contributed by atoms with Crippen LogP contribution in [0.25, 0.3) is 0 Å². The lowest BCUT2D eigenvalue weighted by molar-refractivity contribution is -0.00912. The van der Waals surface area contributed by atoms with Crippen LogP contribution >= 0.6 is 0 Å². The van der Waals surface area contributed by atoms with Crippen molar-refractivity contribution in [2.75, 3.05) is 38.2 Å². The van der Waals surface area contributed by atoms with Crippen LogP contribution in [0.3, 0.4) is 0 Å². The summed E-state index contributed by atoms with van der Waals surface area (Å²) < 4.78 is 28.8. The van der Waals surface area contributed by atoms with Crippen molar-refractivity contribution < 1.29 is 13.2 Å². The van der Waals surface area contributed by atoms with Gasteiger partial charge in [-0.1, -0.05) is 0 Å². The van der Waals surface area contributed by atoms with Crippen molar-refractivity contribution in [3.63, 3.8) is 0 Å². The molecule has 0 aromatic rings. The predicted molar refractivity (Wildman–Crippen MR) is 66.7 cm³/mol. The molecule has 100 valence electrons. The number of piperidine rings is 1. The van der Waals surface area contributed by atoms with Crippen LogP contribution in [0.2, 0.25) is 0 Å². The van der Waals surface area contributed by atoms with E-state index in [-0.39, 0.29) is 23.1 Å². The van der Waals surface area contributed by atoms with Gasteiger partial charge in [-0.05, 0) is 25.8 Å². The monoisotopic (exact) mass is 262 g/mol. The van der Waals surface area contributed by atoms with E-state index in [4.69, 9.17) is 10.5 Å². The fraction of sp³-hybridized carbons (Fsp3) is 1.00. The van der Waals surface area contributed by atoms with Gasteiger partial charge in [-0.15, -0.1) is 0 Å². The van der Waals surface area contributed by atoms with Gasteiger partial charge >= 0.3 is 0 Å². The number of nitrogens with zero attached hydrogens (tertiary/aromatic N) is 1. The normalized spacial score (nSPS) is 38.4. The molecule has 0 aromatic carbocycles. The third-order valence-electron chi connectivity index (χ3n) is 4.13. The summed E-state index contributed by atoms with van der Waals surface area (Å²) in [5, 5.41) is 0. The van der Waals surface area contributed by atoms with E-state index in [2.05, 4.69) is 4.90 Å². The summed E-state index contributed by atoms with van der Waals surface area (Å²) in [5.41, 5.74) is 5.52. The summed E-state index contributed by atoms with van der Waals surface area (Å²) >= 11 is 0. The number of ether oxygens (including phenoxy) is 1. The zero-order valence-corrected chi connectivity index (χ0v) is 11.2. The largest absolute Gasteiger partial charge is 0.380 e. The van der Waals surface area contributed by atoms with E-state index in [1.165, 1.54) is 0 Å². The van der Waals surface area contributed by atoms with Crippen molar-refractivity contribution in [2.45, 2.75) is 30.9 Å². The van der Waals surface area contributed by atoms with Gasteiger partial charge in [-0.3, -0.25) is 4.90 Å². The van der Waals surface area contributed by atoms with Gasteiger partial charge in [0.25, 0.3) is 0 Å². The molecule has 0 aliphatic carbocycles. The van der Waals surface area contributed by atoms with Crippen molar-refractivity contribution in [1.82, 2.24) is 4.90 Å². The van der Waals surface area contributed by atoms with Crippen molar-refractivity contribution in [3.8, 4) is 0 Å². The molecule has 17 heavy (non-hydrogen) atoms. The number of nitrogens with two attached hydrogens (primary N) is 1. The maximum Gasteiger partial charge on any atom is 0.152 e. The van der Waals surface area contributed by atoms with E-state index < -0.39 is 9.84 Å². The Morgan fingerprint density at radius 3 is 2.82 bits per heavy atom. The van der Waals surface area contributed by atoms with Crippen LogP contribution in [0.5, 0.6) is 0 Å². The zero-order chi connectivity index (χ0) is 12.5. The molecule has 2 unspecified atom stereocenters. The summed E-state index contributed by atoms with van der Waals surface area (Å²) in [6.45, 7) is 2.17. The highest BCUT2D eigenvalue weighted by Crippen LogP contribution is 2.31. The third-order valence-corrected chi connectivity index (χ3v) is 5.93. The maximum absolute atomic E-state index is 11.7. The van der Waals surface area contributed by atoms with E-state index in [9.17, 15) is 8.42 Å².